The number of hydrogen-bond acceptors (Lipinski definition) is 4. The number of halogens is 3. The van der Waals surface area contributed by atoms with Crippen LogP contribution in [-0.4, -0.2) is 21.0 Å². The van der Waals surface area contributed by atoms with Crippen molar-refractivity contribution < 1.29 is 13.2 Å². The first-order valence-corrected chi connectivity index (χ1v) is 9.60. The molecule has 0 radical (unpaired) electrons. The van der Waals surface area contributed by atoms with Crippen molar-refractivity contribution in [2.24, 2.45) is 0 Å². The fourth-order valence-electron chi connectivity index (χ4n) is 2.84. The Morgan fingerprint density at radius 2 is 1.75 bits per heavy atom. The summed E-state index contributed by atoms with van der Waals surface area (Å²) in [6.07, 6.45) is -1.19. The highest BCUT2D eigenvalue weighted by Crippen LogP contribution is 2.30. The maximum absolute atomic E-state index is 13.0. The molecule has 0 spiro atoms. The van der Waals surface area contributed by atoms with E-state index in [1.54, 1.807) is 17.8 Å². The van der Waals surface area contributed by atoms with Gasteiger partial charge in [0.25, 0.3) is 0 Å². The maximum atomic E-state index is 13.0. The molecule has 0 fully saturated rings. The van der Waals surface area contributed by atoms with Gasteiger partial charge in [0.2, 0.25) is 0 Å². The molecule has 0 unspecified atom stereocenters. The number of pyridine rings is 1. The summed E-state index contributed by atoms with van der Waals surface area (Å²) in [7, 11) is 0. The Bertz CT molecular complexity index is 1120. The van der Waals surface area contributed by atoms with Crippen LogP contribution in [0.4, 0.5) is 24.7 Å². The molecule has 0 saturated carbocycles. The van der Waals surface area contributed by atoms with E-state index in [0.717, 1.165) is 16.6 Å². The lowest BCUT2D eigenvalue weighted by Crippen LogP contribution is -2.07. The zero-order valence-electron chi connectivity index (χ0n) is 14.7. The lowest BCUT2D eigenvalue weighted by molar-refractivity contribution is -0.141. The van der Waals surface area contributed by atoms with Crippen molar-refractivity contribution >= 4 is 34.2 Å². The smallest absolute Gasteiger partial charge is 0.340 e. The minimum Gasteiger partial charge on any atom is -0.340 e. The first-order valence-electron chi connectivity index (χ1n) is 8.38. The molecule has 142 valence electrons. The van der Waals surface area contributed by atoms with Crippen LogP contribution >= 0.6 is 11.8 Å². The molecule has 4 rings (SSSR count). The van der Waals surface area contributed by atoms with Crippen molar-refractivity contribution in [2.75, 3.05) is 11.6 Å². The van der Waals surface area contributed by atoms with Crippen LogP contribution in [-0.2, 0) is 6.18 Å². The molecule has 0 amide bonds. The van der Waals surface area contributed by atoms with E-state index < -0.39 is 11.9 Å². The molecular formula is C20H15F3N4S. The summed E-state index contributed by atoms with van der Waals surface area (Å²) in [4.78, 5) is 5.71. The summed E-state index contributed by atoms with van der Waals surface area (Å²) in [5.74, 6) is 0.523. The predicted molar refractivity (Wildman–Crippen MR) is 105 cm³/mol. The minimum atomic E-state index is -4.49. The Balaban J connectivity index is 1.78. The highest BCUT2D eigenvalue weighted by atomic mass is 32.2. The van der Waals surface area contributed by atoms with Crippen molar-refractivity contribution in [3.8, 4) is 5.69 Å². The number of hydrogen-bond donors (Lipinski definition) is 1. The van der Waals surface area contributed by atoms with E-state index in [0.29, 0.717) is 22.4 Å². The summed E-state index contributed by atoms with van der Waals surface area (Å²) < 4.78 is 40.1. The highest BCUT2D eigenvalue weighted by molar-refractivity contribution is 7.98. The highest BCUT2D eigenvalue weighted by Gasteiger charge is 2.33. The molecule has 0 aliphatic heterocycles. The molecule has 2 heterocycles. The SMILES string of the molecule is CSc1ccc(Nc2cc(-n3ccc(C(F)(F)F)n3)c3ccccc3n2)cc1. The monoisotopic (exact) mass is 400 g/mol. The molecule has 2 aromatic carbocycles. The van der Waals surface area contributed by atoms with E-state index in [2.05, 4.69) is 15.4 Å². The molecule has 4 nitrogen and oxygen atoms in total. The fraction of sp³-hybridized carbons (Fsp3) is 0.100. The Morgan fingerprint density at radius 1 is 1.00 bits per heavy atom. The second kappa shape index (κ2) is 7.20. The van der Waals surface area contributed by atoms with E-state index in [-0.39, 0.29) is 0 Å². The minimum absolute atomic E-state index is 0.518. The van der Waals surface area contributed by atoms with Crippen LogP contribution in [0, 0.1) is 0 Å². The van der Waals surface area contributed by atoms with Crippen LogP contribution in [0.3, 0.4) is 0 Å². The summed E-state index contributed by atoms with van der Waals surface area (Å²) >= 11 is 1.64. The maximum Gasteiger partial charge on any atom is 0.435 e. The van der Waals surface area contributed by atoms with Crippen LogP contribution in [0.5, 0.6) is 0 Å². The standard InChI is InChI=1S/C20H15F3N4S/c1-28-14-8-6-13(7-9-14)24-19-12-17(15-4-2-3-5-16(15)25-19)27-11-10-18(26-27)20(21,22)23/h2-12H,1H3,(H,24,25). The van der Waals surface area contributed by atoms with Crippen LogP contribution < -0.4 is 5.32 Å². The van der Waals surface area contributed by atoms with Crippen LogP contribution in [0.2, 0.25) is 0 Å². The third kappa shape index (κ3) is 3.68. The number of aromatic nitrogens is 3. The van der Waals surface area contributed by atoms with Gasteiger partial charge in [0.15, 0.2) is 5.69 Å². The molecule has 1 N–H and O–H groups in total. The average molecular weight is 400 g/mol. The van der Waals surface area contributed by atoms with Crippen molar-refractivity contribution in [3.05, 3.63) is 72.6 Å². The van der Waals surface area contributed by atoms with Gasteiger partial charge in [0.1, 0.15) is 5.82 Å². The third-order valence-electron chi connectivity index (χ3n) is 4.18. The number of nitrogens with zero attached hydrogens (tertiary/aromatic N) is 3. The van der Waals surface area contributed by atoms with Gasteiger partial charge < -0.3 is 5.32 Å². The Hall–Kier alpha value is -3.00. The first kappa shape index (κ1) is 18.4. The molecule has 4 aromatic rings. The molecule has 2 aromatic heterocycles. The van der Waals surface area contributed by atoms with Crippen LogP contribution in [0.15, 0.2) is 71.8 Å². The lowest BCUT2D eigenvalue weighted by atomic mass is 10.2. The van der Waals surface area contributed by atoms with Gasteiger partial charge in [0.05, 0.1) is 11.2 Å². The number of rotatable bonds is 4. The van der Waals surface area contributed by atoms with Crippen molar-refractivity contribution in [1.29, 1.82) is 0 Å². The van der Waals surface area contributed by atoms with E-state index >= 15 is 0 Å². The molecule has 8 heteroatoms. The average Bonchev–Trinajstić information content (AvgIpc) is 3.18. The lowest BCUT2D eigenvalue weighted by Gasteiger charge is -2.12. The van der Waals surface area contributed by atoms with E-state index in [1.807, 2.05) is 54.8 Å². The number of fused-ring (bicyclic) bond motifs is 1. The normalized spacial score (nSPS) is 11.7. The number of thioether (sulfide) groups is 1. The van der Waals surface area contributed by atoms with Crippen molar-refractivity contribution in [3.63, 3.8) is 0 Å². The Kier molecular flexibility index (Phi) is 4.72. The third-order valence-corrected chi connectivity index (χ3v) is 4.93. The van der Waals surface area contributed by atoms with Gasteiger partial charge in [-0.1, -0.05) is 18.2 Å². The zero-order chi connectivity index (χ0) is 19.7. The fourth-order valence-corrected chi connectivity index (χ4v) is 3.25. The number of benzene rings is 2. The van der Waals surface area contributed by atoms with E-state index in [9.17, 15) is 13.2 Å². The van der Waals surface area contributed by atoms with Gasteiger partial charge in [-0.3, -0.25) is 0 Å². The molecule has 0 aliphatic carbocycles. The quantitative estimate of drug-likeness (QED) is 0.433. The van der Waals surface area contributed by atoms with Crippen LogP contribution in [0.1, 0.15) is 5.69 Å². The van der Waals surface area contributed by atoms with E-state index in [4.69, 9.17) is 0 Å². The number of anilines is 2. The Morgan fingerprint density at radius 3 is 2.43 bits per heavy atom. The van der Waals surface area contributed by atoms with Gasteiger partial charge in [-0.25, -0.2) is 9.67 Å². The van der Waals surface area contributed by atoms with Gasteiger partial charge in [-0.15, -0.1) is 11.8 Å². The summed E-state index contributed by atoms with van der Waals surface area (Å²) in [5.41, 5.74) is 1.08. The zero-order valence-corrected chi connectivity index (χ0v) is 15.6. The van der Waals surface area contributed by atoms with E-state index in [1.165, 1.54) is 10.9 Å². The van der Waals surface area contributed by atoms with Gasteiger partial charge in [-0.05, 0) is 42.7 Å². The Labute approximate surface area is 163 Å². The first-order chi connectivity index (χ1) is 13.4. The van der Waals surface area contributed by atoms with Gasteiger partial charge in [-0.2, -0.15) is 18.3 Å². The largest absolute Gasteiger partial charge is 0.435 e. The molecule has 28 heavy (non-hydrogen) atoms. The topological polar surface area (TPSA) is 42.7 Å². The van der Waals surface area contributed by atoms with Crippen molar-refractivity contribution in [2.45, 2.75) is 11.1 Å². The molecule has 0 atom stereocenters. The van der Waals surface area contributed by atoms with Crippen molar-refractivity contribution in [1.82, 2.24) is 14.8 Å². The number of alkyl halides is 3. The number of nitrogens with one attached hydrogen (secondary N) is 1. The predicted octanol–water partition coefficient (Wildman–Crippen LogP) is 5.90. The van der Waals surface area contributed by atoms with Gasteiger partial charge >= 0.3 is 6.18 Å². The molecule has 0 saturated heterocycles. The molecule has 0 aliphatic rings. The summed E-state index contributed by atoms with van der Waals surface area (Å²) in [6, 6.07) is 17.8. The molecule has 0 bridgehead atoms. The number of para-hydroxylation sites is 1. The summed E-state index contributed by atoms with van der Waals surface area (Å²) in [5, 5.41) is 7.63. The molecular weight excluding hydrogens is 385 g/mol. The second-order valence-corrected chi connectivity index (χ2v) is 6.92. The van der Waals surface area contributed by atoms with Crippen LogP contribution in [0.25, 0.3) is 16.6 Å². The summed E-state index contributed by atoms with van der Waals surface area (Å²) in [6.45, 7) is 0. The van der Waals surface area contributed by atoms with Gasteiger partial charge in [0, 0.05) is 28.2 Å². The second-order valence-electron chi connectivity index (χ2n) is 6.04.